The number of pyridine rings is 1. The second-order valence-electron chi connectivity index (χ2n) is 7.82. The van der Waals surface area contributed by atoms with E-state index in [-0.39, 0.29) is 11.5 Å². The Morgan fingerprint density at radius 3 is 2.86 bits per heavy atom. The summed E-state index contributed by atoms with van der Waals surface area (Å²) in [6, 6.07) is 5.85. The standard InChI is InChI=1S/C21H26N6O/c1-27(12-5-2-6-13-27)14-10-23-21-20(18-7-3-4-11-26(18)25-21)24-17-9-8-16(22)15-19(17)28/h3-4,7-9,11,15H,2,5-6,10,12-14H2,1H3,(H2-,22,23,25,28)/p+1/b24-17+. The van der Waals surface area contributed by atoms with Gasteiger partial charge in [-0.3, -0.25) is 0 Å². The van der Waals surface area contributed by atoms with E-state index >= 15 is 0 Å². The summed E-state index contributed by atoms with van der Waals surface area (Å²) in [5.74, 6) is 0.712. The van der Waals surface area contributed by atoms with Gasteiger partial charge in [-0.25, -0.2) is 9.51 Å². The number of aliphatic imine (C=N–C) groups is 1. The van der Waals surface area contributed by atoms with Crippen LogP contribution in [0.1, 0.15) is 19.3 Å². The minimum Gasteiger partial charge on any atom is -0.506 e. The van der Waals surface area contributed by atoms with Crippen molar-refractivity contribution in [1.82, 2.24) is 9.61 Å². The van der Waals surface area contributed by atoms with Crippen LogP contribution >= 0.6 is 0 Å². The molecule has 1 aliphatic heterocycles. The Morgan fingerprint density at radius 1 is 1.25 bits per heavy atom. The normalized spacial score (nSPS) is 20.5. The van der Waals surface area contributed by atoms with E-state index in [0.717, 1.165) is 23.1 Å². The molecule has 3 heterocycles. The molecule has 0 unspecified atom stereocenters. The molecule has 0 aromatic carbocycles. The number of aromatic nitrogens is 2. The van der Waals surface area contributed by atoms with Crippen molar-refractivity contribution < 1.29 is 9.59 Å². The van der Waals surface area contributed by atoms with E-state index in [9.17, 15) is 5.11 Å². The van der Waals surface area contributed by atoms with Crippen LogP contribution in [0.5, 0.6) is 0 Å². The zero-order chi connectivity index (χ0) is 19.6. The van der Waals surface area contributed by atoms with Gasteiger partial charge in [0, 0.05) is 12.3 Å². The lowest BCUT2D eigenvalue weighted by molar-refractivity contribution is -0.912. The largest absolute Gasteiger partial charge is 0.506 e. The lowest BCUT2D eigenvalue weighted by Gasteiger charge is -2.37. The summed E-state index contributed by atoms with van der Waals surface area (Å²) in [5.41, 5.74) is 2.27. The minimum atomic E-state index is 0.000106. The first-order valence-corrected chi connectivity index (χ1v) is 9.85. The average Bonchev–Trinajstić information content (AvgIpc) is 3.02. The Kier molecular flexibility index (Phi) is 5.00. The van der Waals surface area contributed by atoms with E-state index in [1.165, 1.54) is 38.4 Å². The van der Waals surface area contributed by atoms with Gasteiger partial charge in [0.05, 0.1) is 44.5 Å². The van der Waals surface area contributed by atoms with Gasteiger partial charge in [0.2, 0.25) is 0 Å². The molecule has 2 aromatic heterocycles. The van der Waals surface area contributed by atoms with Gasteiger partial charge in [0.25, 0.3) is 0 Å². The molecule has 28 heavy (non-hydrogen) atoms. The molecular weight excluding hydrogens is 352 g/mol. The predicted molar refractivity (Wildman–Crippen MR) is 113 cm³/mol. The number of piperidine rings is 1. The van der Waals surface area contributed by atoms with Gasteiger partial charge in [-0.1, -0.05) is 6.07 Å². The van der Waals surface area contributed by atoms with Crippen molar-refractivity contribution in [2.45, 2.75) is 19.3 Å². The summed E-state index contributed by atoms with van der Waals surface area (Å²) < 4.78 is 2.90. The molecule has 0 radical (unpaired) electrons. The number of allylic oxidation sites excluding steroid dienone is 3. The van der Waals surface area contributed by atoms with Crippen LogP contribution in [0.25, 0.3) is 5.52 Å². The molecule has 1 saturated heterocycles. The molecule has 7 nitrogen and oxygen atoms in total. The SMILES string of the molecule is C[N+]1(CCNc2nn3ccccc3c2/N=C2\C=CC(=N)C=C2O)CCCCC1. The number of anilines is 1. The summed E-state index contributed by atoms with van der Waals surface area (Å²) in [4.78, 5) is 4.67. The van der Waals surface area contributed by atoms with Crippen molar-refractivity contribution in [3.8, 4) is 0 Å². The topological polar surface area (TPSA) is 85.8 Å². The van der Waals surface area contributed by atoms with Crippen molar-refractivity contribution in [2.75, 3.05) is 38.5 Å². The van der Waals surface area contributed by atoms with Gasteiger partial charge < -0.3 is 20.3 Å². The third-order valence-electron chi connectivity index (χ3n) is 5.56. The van der Waals surface area contributed by atoms with E-state index < -0.39 is 0 Å². The molecule has 0 amide bonds. The molecule has 1 aliphatic carbocycles. The molecule has 0 spiro atoms. The van der Waals surface area contributed by atoms with Gasteiger partial charge in [-0.15, -0.1) is 5.10 Å². The van der Waals surface area contributed by atoms with Crippen LogP contribution in [0.2, 0.25) is 0 Å². The number of hydrogen-bond acceptors (Lipinski definition) is 5. The number of likely N-dealkylation sites (tertiary alicyclic amines) is 1. The molecule has 3 N–H and O–H groups in total. The number of rotatable bonds is 5. The van der Waals surface area contributed by atoms with E-state index in [4.69, 9.17) is 5.41 Å². The molecule has 2 aromatic rings. The van der Waals surface area contributed by atoms with Crippen molar-refractivity contribution >= 4 is 28.4 Å². The fourth-order valence-corrected chi connectivity index (χ4v) is 3.90. The number of nitrogens with zero attached hydrogens (tertiary/aromatic N) is 4. The van der Waals surface area contributed by atoms with Gasteiger partial charge in [-0.2, -0.15) is 0 Å². The molecule has 0 saturated carbocycles. The highest BCUT2D eigenvalue weighted by atomic mass is 16.3. The summed E-state index contributed by atoms with van der Waals surface area (Å²) in [6.45, 7) is 4.33. The quantitative estimate of drug-likeness (QED) is 0.549. The van der Waals surface area contributed by atoms with Crippen molar-refractivity contribution in [1.29, 1.82) is 5.41 Å². The maximum Gasteiger partial charge on any atom is 0.175 e. The number of likely N-dealkylation sites (N-methyl/N-ethyl adjacent to an activating group) is 1. The monoisotopic (exact) mass is 379 g/mol. The van der Waals surface area contributed by atoms with E-state index in [1.807, 2.05) is 24.4 Å². The van der Waals surface area contributed by atoms with Crippen molar-refractivity contribution in [3.63, 3.8) is 0 Å². The van der Waals surface area contributed by atoms with Crippen LogP contribution in [-0.4, -0.2) is 63.9 Å². The van der Waals surface area contributed by atoms with Crippen LogP contribution < -0.4 is 5.32 Å². The summed E-state index contributed by atoms with van der Waals surface area (Å²) >= 11 is 0. The van der Waals surface area contributed by atoms with Crippen molar-refractivity contribution in [2.24, 2.45) is 4.99 Å². The van der Waals surface area contributed by atoms with Gasteiger partial charge >= 0.3 is 0 Å². The first kappa shape index (κ1) is 18.4. The van der Waals surface area contributed by atoms with Crippen LogP contribution in [0.15, 0.2) is 53.4 Å². The Morgan fingerprint density at radius 2 is 2.07 bits per heavy atom. The molecular formula is C21H27N6O+. The van der Waals surface area contributed by atoms with E-state index in [1.54, 1.807) is 16.7 Å². The summed E-state index contributed by atoms with van der Waals surface area (Å²) in [5, 5.41) is 25.9. The molecule has 0 atom stereocenters. The highest BCUT2D eigenvalue weighted by Gasteiger charge is 2.24. The lowest BCUT2D eigenvalue weighted by atomic mass is 10.1. The fourth-order valence-electron chi connectivity index (χ4n) is 3.90. The molecule has 2 aliphatic rings. The maximum absolute atomic E-state index is 10.2. The zero-order valence-corrected chi connectivity index (χ0v) is 16.2. The Labute approximate surface area is 164 Å². The van der Waals surface area contributed by atoms with E-state index in [2.05, 4.69) is 22.5 Å². The zero-order valence-electron chi connectivity index (χ0n) is 16.2. The van der Waals surface area contributed by atoms with Gasteiger partial charge in [0.15, 0.2) is 5.82 Å². The second-order valence-corrected chi connectivity index (χ2v) is 7.82. The molecule has 7 heteroatoms. The Balaban J connectivity index is 1.60. The second kappa shape index (κ2) is 7.59. The predicted octanol–water partition coefficient (Wildman–Crippen LogP) is 3.48. The molecule has 4 rings (SSSR count). The van der Waals surface area contributed by atoms with E-state index in [0.29, 0.717) is 17.2 Å². The fraction of sp³-hybridized carbons (Fsp3) is 0.381. The number of fused-ring (bicyclic) bond motifs is 1. The average molecular weight is 379 g/mol. The number of aliphatic hydroxyl groups is 1. The highest BCUT2D eigenvalue weighted by molar-refractivity contribution is 6.20. The lowest BCUT2D eigenvalue weighted by Crippen LogP contribution is -2.50. The maximum atomic E-state index is 10.2. The highest BCUT2D eigenvalue weighted by Crippen LogP contribution is 2.31. The van der Waals surface area contributed by atoms with Gasteiger partial charge in [-0.05, 0) is 43.5 Å². The third-order valence-corrected chi connectivity index (χ3v) is 5.56. The smallest absolute Gasteiger partial charge is 0.175 e. The molecule has 1 fully saturated rings. The number of nitrogens with one attached hydrogen (secondary N) is 2. The molecule has 146 valence electrons. The van der Waals surface area contributed by atoms with Crippen LogP contribution in [-0.2, 0) is 0 Å². The number of aliphatic hydroxyl groups excluding tert-OH is 1. The summed E-state index contributed by atoms with van der Waals surface area (Å²) in [7, 11) is 2.33. The minimum absolute atomic E-state index is 0.000106. The Bertz CT molecular complexity index is 978. The van der Waals surface area contributed by atoms with Crippen LogP contribution in [0.3, 0.4) is 0 Å². The number of hydrogen-bond donors (Lipinski definition) is 3. The van der Waals surface area contributed by atoms with Crippen molar-refractivity contribution in [3.05, 3.63) is 48.4 Å². The third kappa shape index (κ3) is 3.84. The number of quaternary nitrogens is 1. The van der Waals surface area contributed by atoms with Crippen LogP contribution in [0, 0.1) is 5.41 Å². The van der Waals surface area contributed by atoms with Gasteiger partial charge in [0.1, 0.15) is 17.2 Å². The first-order chi connectivity index (χ1) is 13.5. The first-order valence-electron chi connectivity index (χ1n) is 9.85. The van der Waals surface area contributed by atoms with Crippen LogP contribution in [0.4, 0.5) is 11.5 Å². The Hall–Kier alpha value is -2.93. The summed E-state index contributed by atoms with van der Waals surface area (Å²) in [6.07, 6.45) is 10.5. The molecule has 0 bridgehead atoms.